The average molecular weight is 518 g/mol. The number of ether oxygens (including phenoxy) is 2. The molecule has 3 N–H and O–H groups in total. The summed E-state index contributed by atoms with van der Waals surface area (Å²) in [6, 6.07) is 17.1. The molecule has 0 aromatic heterocycles. The topological polar surface area (TPSA) is 88.7 Å². The Balaban J connectivity index is 1.63. The fraction of sp³-hybridized carbons (Fsp3) is 0.160. The van der Waals surface area contributed by atoms with E-state index in [1.807, 2.05) is 0 Å². The minimum atomic E-state index is -4.53. The second-order valence-corrected chi connectivity index (χ2v) is 7.77. The predicted octanol–water partition coefficient (Wildman–Crippen LogP) is 5.11. The van der Waals surface area contributed by atoms with E-state index >= 15 is 0 Å². The summed E-state index contributed by atoms with van der Waals surface area (Å²) in [5.41, 5.74) is -0.0400. The van der Waals surface area contributed by atoms with Crippen molar-refractivity contribution < 1.29 is 32.2 Å². The fourth-order valence-electron chi connectivity index (χ4n) is 3.06. The number of amides is 2. The van der Waals surface area contributed by atoms with Crippen LogP contribution in [0.2, 0.25) is 0 Å². The number of thiocarbonyl (C=S) groups is 1. The van der Waals surface area contributed by atoms with Crippen molar-refractivity contribution in [3.05, 3.63) is 89.5 Å². The summed E-state index contributed by atoms with van der Waals surface area (Å²) in [4.78, 5) is 25.3. The summed E-state index contributed by atoms with van der Waals surface area (Å²) in [6.45, 7) is 0.618. The van der Waals surface area contributed by atoms with Crippen molar-refractivity contribution in [3.8, 4) is 5.75 Å². The molecule has 188 valence electrons. The summed E-state index contributed by atoms with van der Waals surface area (Å²) in [7, 11) is 1.54. The minimum absolute atomic E-state index is 0.00218. The number of hydrogen-bond acceptors (Lipinski definition) is 5. The first-order chi connectivity index (χ1) is 17.2. The summed E-state index contributed by atoms with van der Waals surface area (Å²) < 4.78 is 49.3. The molecule has 0 unspecified atom stereocenters. The number of hydrogen-bond donors (Lipinski definition) is 3. The van der Waals surface area contributed by atoms with E-state index < -0.39 is 23.6 Å². The normalized spacial score (nSPS) is 10.9. The average Bonchev–Trinajstić information content (AvgIpc) is 2.84. The first kappa shape index (κ1) is 26.6. The van der Waals surface area contributed by atoms with Crippen LogP contribution >= 0.6 is 12.2 Å². The molecule has 0 saturated carbocycles. The van der Waals surface area contributed by atoms with Crippen LogP contribution < -0.4 is 20.7 Å². The number of carbonyl (C=O) groups is 2. The van der Waals surface area contributed by atoms with E-state index in [1.54, 1.807) is 36.4 Å². The Hall–Kier alpha value is -3.96. The van der Waals surface area contributed by atoms with Crippen molar-refractivity contribution in [1.82, 2.24) is 5.32 Å². The number of benzene rings is 3. The van der Waals surface area contributed by atoms with Gasteiger partial charge in [-0.1, -0.05) is 24.3 Å². The Morgan fingerprint density at radius 1 is 0.861 bits per heavy atom. The van der Waals surface area contributed by atoms with E-state index in [0.29, 0.717) is 18.0 Å². The van der Waals surface area contributed by atoms with Gasteiger partial charge in [0.2, 0.25) is 0 Å². The number of alkyl halides is 3. The monoisotopic (exact) mass is 517 g/mol. The zero-order valence-corrected chi connectivity index (χ0v) is 19.8. The molecule has 0 heterocycles. The maximum absolute atomic E-state index is 12.9. The summed E-state index contributed by atoms with van der Waals surface area (Å²) in [5.74, 6) is -0.753. The molecule has 0 aliphatic heterocycles. The van der Waals surface area contributed by atoms with Gasteiger partial charge in [0, 0.05) is 24.0 Å². The van der Waals surface area contributed by atoms with Crippen LogP contribution in [0.1, 0.15) is 26.3 Å². The molecule has 0 radical (unpaired) electrons. The molecular weight excluding hydrogens is 495 g/mol. The maximum Gasteiger partial charge on any atom is 0.416 e. The number of halogens is 3. The van der Waals surface area contributed by atoms with Gasteiger partial charge in [0.25, 0.3) is 11.8 Å². The van der Waals surface area contributed by atoms with Gasteiger partial charge in [-0.15, -0.1) is 0 Å². The molecule has 0 bridgehead atoms. The molecule has 0 aliphatic rings. The van der Waals surface area contributed by atoms with Crippen LogP contribution in [0.15, 0.2) is 72.8 Å². The Morgan fingerprint density at radius 2 is 1.56 bits per heavy atom. The van der Waals surface area contributed by atoms with Crippen molar-refractivity contribution in [3.63, 3.8) is 0 Å². The molecule has 0 atom stereocenters. The molecule has 0 spiro atoms. The zero-order valence-electron chi connectivity index (χ0n) is 19.0. The highest BCUT2D eigenvalue weighted by Crippen LogP contribution is 2.30. The van der Waals surface area contributed by atoms with Gasteiger partial charge in [-0.3, -0.25) is 14.9 Å². The molecule has 7 nitrogen and oxygen atoms in total. The van der Waals surface area contributed by atoms with E-state index in [2.05, 4.69) is 16.0 Å². The number of carbonyl (C=O) groups excluding carboxylic acids is 2. The van der Waals surface area contributed by atoms with Crippen LogP contribution in [0.3, 0.4) is 0 Å². The molecule has 0 fully saturated rings. The third-order valence-electron chi connectivity index (χ3n) is 4.73. The lowest BCUT2D eigenvalue weighted by Gasteiger charge is -2.13. The zero-order chi connectivity index (χ0) is 26.1. The molecule has 0 aliphatic carbocycles. The lowest BCUT2D eigenvalue weighted by atomic mass is 10.1. The number of para-hydroxylation sites is 1. The molecule has 0 saturated heterocycles. The fourth-order valence-corrected chi connectivity index (χ4v) is 3.27. The van der Waals surface area contributed by atoms with Gasteiger partial charge >= 0.3 is 6.18 Å². The van der Waals surface area contributed by atoms with Gasteiger partial charge in [-0.2, -0.15) is 13.2 Å². The molecular formula is C25H22F3N3O4S. The molecule has 3 aromatic carbocycles. The van der Waals surface area contributed by atoms with Gasteiger partial charge in [-0.25, -0.2) is 0 Å². The van der Waals surface area contributed by atoms with Gasteiger partial charge in [0.15, 0.2) is 5.11 Å². The van der Waals surface area contributed by atoms with E-state index in [4.69, 9.17) is 21.7 Å². The quantitative estimate of drug-likeness (QED) is 0.284. The highest BCUT2D eigenvalue weighted by atomic mass is 32.1. The second-order valence-electron chi connectivity index (χ2n) is 7.36. The van der Waals surface area contributed by atoms with Crippen LogP contribution in [0.5, 0.6) is 5.75 Å². The second kappa shape index (κ2) is 12.1. The van der Waals surface area contributed by atoms with E-state index in [0.717, 1.165) is 12.1 Å². The van der Waals surface area contributed by atoms with E-state index in [-0.39, 0.29) is 28.5 Å². The Morgan fingerprint density at radius 3 is 2.28 bits per heavy atom. The van der Waals surface area contributed by atoms with Crippen LogP contribution in [-0.4, -0.2) is 37.3 Å². The van der Waals surface area contributed by atoms with Crippen LogP contribution in [-0.2, 0) is 10.9 Å². The predicted molar refractivity (Wildman–Crippen MR) is 133 cm³/mol. The van der Waals surface area contributed by atoms with Crippen LogP contribution in [0.25, 0.3) is 0 Å². The third-order valence-corrected chi connectivity index (χ3v) is 4.94. The molecule has 36 heavy (non-hydrogen) atoms. The summed E-state index contributed by atoms with van der Waals surface area (Å²) >= 11 is 5.21. The first-order valence-electron chi connectivity index (χ1n) is 10.6. The van der Waals surface area contributed by atoms with Gasteiger partial charge in [0.05, 0.1) is 17.7 Å². The Labute approximate surface area is 210 Å². The van der Waals surface area contributed by atoms with Gasteiger partial charge in [0.1, 0.15) is 12.4 Å². The van der Waals surface area contributed by atoms with Crippen molar-refractivity contribution in [2.75, 3.05) is 31.0 Å². The summed E-state index contributed by atoms with van der Waals surface area (Å²) in [6.07, 6.45) is -4.53. The third kappa shape index (κ3) is 7.52. The Kier molecular flexibility index (Phi) is 8.98. The van der Waals surface area contributed by atoms with Crippen LogP contribution in [0, 0.1) is 0 Å². The summed E-state index contributed by atoms with van der Waals surface area (Å²) in [5, 5.41) is 7.77. The number of anilines is 2. The number of nitrogens with one attached hydrogen (secondary N) is 3. The lowest BCUT2D eigenvalue weighted by molar-refractivity contribution is -0.137. The van der Waals surface area contributed by atoms with Gasteiger partial charge in [-0.05, 0) is 60.7 Å². The SMILES string of the molecule is COCCOc1ccccc1C(=O)NC(=S)Nc1cccc(C(=O)Nc2cccc(C(F)(F)F)c2)c1. The van der Waals surface area contributed by atoms with Crippen molar-refractivity contribution >= 4 is 40.5 Å². The van der Waals surface area contributed by atoms with Crippen molar-refractivity contribution in [1.29, 1.82) is 0 Å². The van der Waals surface area contributed by atoms with Crippen molar-refractivity contribution in [2.45, 2.75) is 6.18 Å². The van der Waals surface area contributed by atoms with Crippen LogP contribution in [0.4, 0.5) is 24.5 Å². The molecule has 2 amide bonds. The van der Waals surface area contributed by atoms with E-state index in [1.165, 1.54) is 31.4 Å². The largest absolute Gasteiger partial charge is 0.490 e. The minimum Gasteiger partial charge on any atom is -0.490 e. The highest BCUT2D eigenvalue weighted by Gasteiger charge is 2.30. The van der Waals surface area contributed by atoms with Crippen molar-refractivity contribution in [2.24, 2.45) is 0 Å². The number of rotatable bonds is 8. The highest BCUT2D eigenvalue weighted by molar-refractivity contribution is 7.80. The lowest BCUT2D eigenvalue weighted by Crippen LogP contribution is -2.34. The molecule has 3 rings (SSSR count). The smallest absolute Gasteiger partial charge is 0.416 e. The first-order valence-corrected chi connectivity index (χ1v) is 11.0. The van der Waals surface area contributed by atoms with Gasteiger partial charge < -0.3 is 20.1 Å². The number of methoxy groups -OCH3 is 1. The Bertz CT molecular complexity index is 1250. The van der Waals surface area contributed by atoms with E-state index in [9.17, 15) is 22.8 Å². The molecule has 3 aromatic rings. The molecule has 11 heteroatoms. The standard InChI is InChI=1S/C25H22F3N3O4S/c1-34-12-13-35-21-11-3-2-10-20(21)23(33)31-24(36)30-18-8-4-6-16(14-18)22(32)29-19-9-5-7-17(15-19)25(26,27)28/h2-11,14-15H,12-13H2,1H3,(H,29,32)(H2,30,31,33,36). The maximum atomic E-state index is 12.9.